The molecule has 260 valence electrons. The van der Waals surface area contributed by atoms with E-state index in [2.05, 4.69) is 18.7 Å². The predicted octanol–water partition coefficient (Wildman–Crippen LogP) is 8.10. The van der Waals surface area contributed by atoms with Gasteiger partial charge in [-0.25, -0.2) is 12.7 Å². The van der Waals surface area contributed by atoms with Crippen LogP contribution in [0.15, 0.2) is 84.4 Å². The van der Waals surface area contributed by atoms with Crippen molar-refractivity contribution in [3.8, 4) is 5.75 Å². The van der Waals surface area contributed by atoms with Crippen LogP contribution in [0.25, 0.3) is 0 Å². The second-order valence-electron chi connectivity index (χ2n) is 13.4. The van der Waals surface area contributed by atoms with Crippen LogP contribution in [0.5, 0.6) is 5.75 Å². The number of halogens is 2. The first-order valence-corrected chi connectivity index (χ1v) is 19.2. The van der Waals surface area contributed by atoms with E-state index in [0.717, 1.165) is 16.9 Å². The fourth-order valence-electron chi connectivity index (χ4n) is 7.43. The average Bonchev–Trinajstić information content (AvgIpc) is 3.94. The van der Waals surface area contributed by atoms with E-state index in [4.69, 9.17) is 32.7 Å². The number of piperidine rings is 1. The largest absolute Gasteiger partial charge is 0.497 e. The van der Waals surface area contributed by atoms with Crippen molar-refractivity contribution < 1.29 is 22.7 Å². The van der Waals surface area contributed by atoms with Crippen molar-refractivity contribution in [2.45, 2.75) is 81.7 Å². The standard InChI is InChI=1S/C38H48Cl2N2O5S/c1-5-20-38(21-22-47-26-27-10-16-33(46-4)17-11-27)24-35(29-8-7-9-31(40)23-29)36(28-12-14-30(39)15-13-28)42(37(38)43)32(6-2)25-41(3)48(44,45)34-18-19-34/h5,7-12,14-17,23,28,32,34-36H,1,6,13,18-22,24-26H2,2-4H3. The number of sulfonamides is 1. The van der Waals surface area contributed by atoms with Crippen LogP contribution in [-0.2, 0) is 26.2 Å². The number of carbonyl (C=O) groups excluding carboxylic acids is 1. The van der Waals surface area contributed by atoms with Crippen LogP contribution in [0.2, 0.25) is 5.02 Å². The summed E-state index contributed by atoms with van der Waals surface area (Å²) in [5, 5.41) is 0.983. The molecule has 5 rings (SSSR count). The molecule has 1 saturated heterocycles. The van der Waals surface area contributed by atoms with Crippen molar-refractivity contribution in [2.24, 2.45) is 11.3 Å². The van der Waals surface area contributed by atoms with E-state index in [1.807, 2.05) is 72.5 Å². The van der Waals surface area contributed by atoms with E-state index in [1.165, 1.54) is 4.31 Å². The summed E-state index contributed by atoms with van der Waals surface area (Å²) in [6.07, 6.45) is 12.1. The van der Waals surface area contributed by atoms with Gasteiger partial charge in [0.1, 0.15) is 5.75 Å². The number of methoxy groups -OCH3 is 1. The zero-order valence-electron chi connectivity index (χ0n) is 28.2. The number of nitrogens with zero attached hydrogens (tertiary/aromatic N) is 2. The number of rotatable bonds is 16. The molecule has 2 fully saturated rings. The highest BCUT2D eigenvalue weighted by Gasteiger charge is 2.54. The molecule has 5 unspecified atom stereocenters. The van der Waals surface area contributed by atoms with Crippen molar-refractivity contribution in [3.63, 3.8) is 0 Å². The fourth-order valence-corrected chi connectivity index (χ4v) is 9.42. The maximum Gasteiger partial charge on any atom is 0.229 e. The minimum atomic E-state index is -3.44. The summed E-state index contributed by atoms with van der Waals surface area (Å²) in [6.45, 7) is 7.14. The molecular formula is C38H48Cl2N2O5S. The number of amides is 1. The third-order valence-corrected chi connectivity index (χ3v) is 13.1. The van der Waals surface area contributed by atoms with Gasteiger partial charge in [-0.15, -0.1) is 6.58 Å². The van der Waals surface area contributed by atoms with Gasteiger partial charge in [-0.05, 0) is 86.4 Å². The molecule has 0 spiro atoms. The summed E-state index contributed by atoms with van der Waals surface area (Å²) < 4.78 is 39.7. The van der Waals surface area contributed by atoms with Crippen LogP contribution >= 0.6 is 23.2 Å². The summed E-state index contributed by atoms with van der Waals surface area (Å²) in [7, 11) is -0.150. The highest BCUT2D eigenvalue weighted by atomic mass is 35.5. The van der Waals surface area contributed by atoms with Crippen LogP contribution in [0.3, 0.4) is 0 Å². The minimum absolute atomic E-state index is 0.0205. The molecule has 3 aliphatic rings. The molecule has 1 saturated carbocycles. The van der Waals surface area contributed by atoms with Crippen LogP contribution in [0.1, 0.15) is 68.9 Å². The molecule has 0 radical (unpaired) electrons. The van der Waals surface area contributed by atoms with Crippen LogP contribution in [0.4, 0.5) is 0 Å². The van der Waals surface area contributed by atoms with Crippen molar-refractivity contribution in [1.82, 2.24) is 9.21 Å². The van der Waals surface area contributed by atoms with Crippen LogP contribution in [-0.4, -0.2) is 68.2 Å². The van der Waals surface area contributed by atoms with Crippen LogP contribution in [0, 0.1) is 11.3 Å². The van der Waals surface area contributed by atoms with Crippen molar-refractivity contribution in [2.75, 3.05) is 27.3 Å². The molecule has 1 heterocycles. The number of hydrogen-bond acceptors (Lipinski definition) is 5. The van der Waals surface area contributed by atoms with Gasteiger partial charge in [-0.3, -0.25) is 4.79 Å². The number of benzene rings is 2. The van der Waals surface area contributed by atoms with Gasteiger partial charge in [0, 0.05) is 54.2 Å². The molecule has 1 aliphatic heterocycles. The Morgan fingerprint density at radius 2 is 1.92 bits per heavy atom. The molecule has 1 amide bonds. The van der Waals surface area contributed by atoms with Gasteiger partial charge in [0.05, 0.1) is 24.4 Å². The Kier molecular flexibility index (Phi) is 12.2. The second kappa shape index (κ2) is 15.9. The van der Waals surface area contributed by atoms with Gasteiger partial charge < -0.3 is 14.4 Å². The van der Waals surface area contributed by atoms with E-state index in [-0.39, 0.29) is 41.6 Å². The monoisotopic (exact) mass is 714 g/mol. The lowest BCUT2D eigenvalue weighted by Crippen LogP contribution is -2.63. The first kappa shape index (κ1) is 36.7. The maximum atomic E-state index is 15.3. The van der Waals surface area contributed by atoms with Gasteiger partial charge in [0.15, 0.2) is 0 Å². The van der Waals surface area contributed by atoms with E-state index >= 15 is 4.79 Å². The van der Waals surface area contributed by atoms with Crippen molar-refractivity contribution in [3.05, 3.63) is 101 Å². The molecule has 2 aromatic carbocycles. The van der Waals surface area contributed by atoms with Gasteiger partial charge in [0.25, 0.3) is 0 Å². The molecule has 0 bridgehead atoms. The Morgan fingerprint density at radius 1 is 1.17 bits per heavy atom. The SMILES string of the molecule is C=CCC1(CCOCc2ccc(OC)cc2)CC(c2cccc(Cl)c2)C(C2C=CC(Cl)=CC2)N(C(CC)CN(C)S(=O)(=O)C2CC2)C1=O. The Labute approximate surface area is 296 Å². The normalized spacial score (nSPS) is 25.2. The lowest BCUT2D eigenvalue weighted by Gasteiger charge is -2.55. The zero-order valence-corrected chi connectivity index (χ0v) is 30.5. The van der Waals surface area contributed by atoms with Crippen LogP contribution < -0.4 is 4.74 Å². The molecule has 2 aromatic rings. The van der Waals surface area contributed by atoms with E-state index in [1.54, 1.807) is 14.2 Å². The Hall–Kier alpha value is -2.62. The quantitative estimate of drug-likeness (QED) is 0.130. The van der Waals surface area contributed by atoms with Gasteiger partial charge in [0.2, 0.25) is 15.9 Å². The van der Waals surface area contributed by atoms with Crippen molar-refractivity contribution >= 4 is 39.1 Å². The molecular weight excluding hydrogens is 667 g/mol. The third-order valence-electron chi connectivity index (χ3n) is 10.2. The number of likely N-dealkylation sites (N-methyl/N-ethyl adjacent to an activating group) is 1. The molecule has 2 aliphatic carbocycles. The van der Waals surface area contributed by atoms with Gasteiger partial charge >= 0.3 is 0 Å². The second-order valence-corrected chi connectivity index (χ2v) is 16.6. The summed E-state index contributed by atoms with van der Waals surface area (Å²) in [4.78, 5) is 17.3. The Morgan fingerprint density at radius 3 is 2.52 bits per heavy atom. The first-order valence-electron chi connectivity index (χ1n) is 16.9. The Bertz CT molecular complexity index is 1610. The highest BCUT2D eigenvalue weighted by Crippen LogP contribution is 2.51. The Balaban J connectivity index is 1.53. The number of carbonyl (C=O) groups is 1. The molecule has 5 atom stereocenters. The van der Waals surface area contributed by atoms with E-state index in [0.29, 0.717) is 68.2 Å². The lowest BCUT2D eigenvalue weighted by molar-refractivity contribution is -0.159. The third kappa shape index (κ3) is 8.22. The predicted molar refractivity (Wildman–Crippen MR) is 194 cm³/mol. The number of likely N-dealkylation sites (tertiary alicyclic amines) is 1. The first-order chi connectivity index (χ1) is 23.0. The smallest absolute Gasteiger partial charge is 0.229 e. The summed E-state index contributed by atoms with van der Waals surface area (Å²) in [5.74, 6) is 0.705. The minimum Gasteiger partial charge on any atom is -0.497 e. The number of ether oxygens (including phenoxy) is 2. The van der Waals surface area contributed by atoms with E-state index < -0.39 is 15.4 Å². The number of allylic oxidation sites excluding steroid dienone is 4. The molecule has 48 heavy (non-hydrogen) atoms. The lowest BCUT2D eigenvalue weighted by atomic mass is 9.63. The van der Waals surface area contributed by atoms with Gasteiger partial charge in [-0.2, -0.15) is 0 Å². The summed E-state index contributed by atoms with van der Waals surface area (Å²) in [6, 6.07) is 15.1. The maximum absolute atomic E-state index is 15.3. The van der Waals surface area contributed by atoms with Gasteiger partial charge in [-0.1, -0.05) is 72.6 Å². The highest BCUT2D eigenvalue weighted by molar-refractivity contribution is 7.90. The average molecular weight is 716 g/mol. The molecule has 10 heteroatoms. The van der Waals surface area contributed by atoms with Crippen molar-refractivity contribution in [1.29, 1.82) is 0 Å². The fraction of sp³-hybridized carbons (Fsp3) is 0.500. The zero-order chi connectivity index (χ0) is 34.5. The summed E-state index contributed by atoms with van der Waals surface area (Å²) >= 11 is 13.0. The topological polar surface area (TPSA) is 76.2 Å². The molecule has 0 aromatic heterocycles. The van der Waals surface area contributed by atoms with E-state index in [9.17, 15) is 8.42 Å². The molecule has 0 N–H and O–H groups in total. The summed E-state index contributed by atoms with van der Waals surface area (Å²) in [5.41, 5.74) is 1.27. The number of hydrogen-bond donors (Lipinski definition) is 0. The molecule has 7 nitrogen and oxygen atoms in total.